The van der Waals surface area contributed by atoms with Gasteiger partial charge in [0.2, 0.25) is 0 Å². The molecule has 23 heavy (non-hydrogen) atoms. The van der Waals surface area contributed by atoms with Crippen LogP contribution in [0.3, 0.4) is 0 Å². The summed E-state index contributed by atoms with van der Waals surface area (Å²) in [7, 11) is 0. The fraction of sp³-hybridized carbons (Fsp3) is 0.737. The number of carbonyl (C=O) groups excluding carboxylic acids is 2. The molecule has 0 aliphatic carbocycles. The van der Waals surface area contributed by atoms with Crippen molar-refractivity contribution in [1.82, 2.24) is 0 Å². The molecular weight excluding hydrogens is 533 g/mol. The van der Waals surface area contributed by atoms with Crippen LogP contribution in [0.2, 0.25) is 0 Å². The molecule has 0 bridgehead atoms. The molecule has 0 spiro atoms. The van der Waals surface area contributed by atoms with Crippen LogP contribution in [0.5, 0.6) is 0 Å². The van der Waals surface area contributed by atoms with Crippen LogP contribution in [-0.2, 0) is 63.4 Å². The Bertz CT molecular complexity index is 279. The van der Waals surface area contributed by atoms with Gasteiger partial charge >= 0.3 is 21.1 Å². The van der Waals surface area contributed by atoms with Crippen molar-refractivity contribution < 1.29 is 63.4 Å². The maximum absolute atomic E-state index is 11.5. The summed E-state index contributed by atoms with van der Waals surface area (Å²) in [4.78, 5) is 22.7. The summed E-state index contributed by atoms with van der Waals surface area (Å²) in [6.07, 6.45) is 4.44. The van der Waals surface area contributed by atoms with Crippen molar-refractivity contribution in [2.24, 2.45) is 23.7 Å². The third-order valence-corrected chi connectivity index (χ3v) is 4.07. The number of ketones is 2. The minimum Gasteiger partial charge on any atom is -0.333 e. The molecule has 0 aromatic carbocycles. The second-order valence-electron chi connectivity index (χ2n) is 5.63. The molecule has 0 aliphatic rings. The van der Waals surface area contributed by atoms with E-state index in [2.05, 4.69) is 34.6 Å². The van der Waals surface area contributed by atoms with Gasteiger partial charge in [-0.05, 0) is 12.8 Å². The summed E-state index contributed by atoms with van der Waals surface area (Å²) in [5.41, 5.74) is 0. The zero-order valence-corrected chi connectivity index (χ0v) is 21.5. The number of carbonyl (C=O) groups is 2. The van der Waals surface area contributed by atoms with Crippen molar-refractivity contribution in [3.8, 4) is 0 Å². The molecule has 0 saturated carbocycles. The van der Waals surface area contributed by atoms with Gasteiger partial charge in [-0.2, -0.15) is 0 Å². The first-order valence-corrected chi connectivity index (χ1v) is 8.36. The van der Waals surface area contributed by atoms with Crippen LogP contribution in [0.4, 0.5) is 0 Å². The average Bonchev–Trinajstić information content (AvgIpc) is 2.53. The molecule has 0 N–H and O–H groups in total. The Morgan fingerprint density at radius 2 is 0.913 bits per heavy atom. The molecule has 3 atom stereocenters. The van der Waals surface area contributed by atoms with Gasteiger partial charge in [-0.15, -0.1) is 17.8 Å². The number of hydrogen-bond acceptors (Lipinski definition) is 2. The first-order valence-electron chi connectivity index (χ1n) is 8.36. The van der Waals surface area contributed by atoms with Crippen molar-refractivity contribution in [3.63, 3.8) is 0 Å². The Kier molecular flexibility index (Phi) is 27.0. The monoisotopic (exact) mass is 568 g/mol. The predicted octanol–water partition coefficient (Wildman–Crippen LogP) is 5.12. The summed E-state index contributed by atoms with van der Waals surface area (Å²) < 4.78 is 0. The second kappa shape index (κ2) is 19.5. The number of rotatable bonds is 9. The molecule has 1 radical (unpaired) electrons. The van der Waals surface area contributed by atoms with E-state index in [0.717, 1.165) is 32.1 Å². The van der Waals surface area contributed by atoms with E-state index < -0.39 is 0 Å². The molecule has 0 aromatic rings. The predicted molar refractivity (Wildman–Crippen MR) is 91.5 cm³/mol. The van der Waals surface area contributed by atoms with E-state index in [0.29, 0.717) is 5.78 Å². The summed E-state index contributed by atoms with van der Waals surface area (Å²) in [5, 5.41) is 0. The van der Waals surface area contributed by atoms with Crippen LogP contribution < -0.4 is 0 Å². The minimum absolute atomic E-state index is 0. The van der Waals surface area contributed by atoms with E-state index in [9.17, 15) is 9.59 Å². The molecule has 0 aromatic heterocycles. The summed E-state index contributed by atoms with van der Waals surface area (Å²) >= 11 is 0. The van der Waals surface area contributed by atoms with Gasteiger partial charge in [0.25, 0.3) is 0 Å². The molecule has 133 valence electrons. The maximum atomic E-state index is 11.5. The summed E-state index contributed by atoms with van der Waals surface area (Å²) in [6.45, 7) is 21.4. The Morgan fingerprint density at radius 3 is 1.13 bits per heavy atom. The van der Waals surface area contributed by atoms with Crippen molar-refractivity contribution in [2.45, 2.75) is 66.7 Å². The average molecular weight is 568 g/mol. The second-order valence-corrected chi connectivity index (χ2v) is 5.63. The van der Waals surface area contributed by atoms with E-state index in [1.54, 1.807) is 0 Å². The van der Waals surface area contributed by atoms with Crippen LogP contribution >= 0.6 is 0 Å². The molecule has 0 saturated heterocycles. The van der Waals surface area contributed by atoms with Gasteiger partial charge in [-0.3, -0.25) is 0 Å². The van der Waals surface area contributed by atoms with E-state index in [4.69, 9.17) is 0 Å². The van der Waals surface area contributed by atoms with Crippen LogP contribution in [0.25, 0.3) is 0 Å². The third-order valence-electron chi connectivity index (χ3n) is 4.07. The van der Waals surface area contributed by atoms with E-state index in [1.807, 2.05) is 20.8 Å². The van der Waals surface area contributed by atoms with Crippen LogP contribution in [-0.4, -0.2) is 11.6 Å². The first-order chi connectivity index (χ1) is 9.80. The van der Waals surface area contributed by atoms with Gasteiger partial charge in [0.15, 0.2) is 0 Å². The number of hydrogen-bond donors (Lipinski definition) is 0. The molecule has 0 rings (SSSR count). The largest absolute Gasteiger partial charge is 2.00 e. The van der Waals surface area contributed by atoms with Gasteiger partial charge in [0.05, 0.1) is 5.78 Å². The molecule has 4 heteroatoms. The topological polar surface area (TPSA) is 34.1 Å². The van der Waals surface area contributed by atoms with Crippen molar-refractivity contribution in [1.29, 1.82) is 0 Å². The molecular formula is C19H35O2WY-. The molecule has 0 heterocycles. The zero-order chi connectivity index (χ0) is 17.0. The van der Waals surface area contributed by atoms with Gasteiger partial charge in [-0.1, -0.05) is 53.9 Å². The van der Waals surface area contributed by atoms with Crippen molar-refractivity contribution in [3.05, 3.63) is 20.8 Å². The smallest absolute Gasteiger partial charge is 0.333 e. The van der Waals surface area contributed by atoms with Crippen molar-refractivity contribution >= 4 is 11.6 Å². The fourth-order valence-electron chi connectivity index (χ4n) is 1.96. The standard InChI is InChI=1S/C10H19O.C9H16O.W.Y/c1-5-8(4)10(11)9(6-2)7-3;1-5-7(3)9(10)8(4)6-2;;/h8-9H,4-7H2,1-3H3;7-8H,3-6H2,1-2H3;;/q-1;-2;+2;. The van der Waals surface area contributed by atoms with Crippen LogP contribution in [0.15, 0.2) is 0 Å². The van der Waals surface area contributed by atoms with Gasteiger partial charge in [-0.25, -0.2) is 0 Å². The van der Waals surface area contributed by atoms with E-state index in [1.165, 1.54) is 0 Å². The SMILES string of the molecule is [CH2-]C(CC)C(=O)C(CC)CC.[CH2-]C(CC)C(=O)C([CH2-])CC.[W+2].[Y]. The fourth-order valence-corrected chi connectivity index (χ4v) is 1.96. The molecule has 0 fully saturated rings. The molecule has 0 aliphatic heterocycles. The van der Waals surface area contributed by atoms with Crippen LogP contribution in [0, 0.1) is 44.4 Å². The third kappa shape index (κ3) is 14.0. The van der Waals surface area contributed by atoms with E-state index >= 15 is 0 Å². The molecule has 2 nitrogen and oxygen atoms in total. The summed E-state index contributed by atoms with van der Waals surface area (Å²) in [5.74, 6) is 0.699. The zero-order valence-electron chi connectivity index (χ0n) is 15.8. The first kappa shape index (κ1) is 31.9. The van der Waals surface area contributed by atoms with Crippen LogP contribution in [0.1, 0.15) is 66.7 Å². The normalized spacial score (nSPS) is 13.6. The quantitative estimate of drug-likeness (QED) is 0.362. The number of Topliss-reactive ketones (excluding diaryl/α,β-unsaturated/α-hetero) is 2. The van der Waals surface area contributed by atoms with Gasteiger partial charge in [0, 0.05) is 38.6 Å². The van der Waals surface area contributed by atoms with Gasteiger partial charge in [0.1, 0.15) is 5.78 Å². The molecule has 0 amide bonds. The minimum atomic E-state index is -0.0533. The maximum Gasteiger partial charge on any atom is 2.00 e. The Balaban J connectivity index is -0.000000145. The summed E-state index contributed by atoms with van der Waals surface area (Å²) in [6, 6.07) is 0. The van der Waals surface area contributed by atoms with Gasteiger partial charge < -0.3 is 30.4 Å². The molecule has 3 unspecified atom stereocenters. The van der Waals surface area contributed by atoms with E-state index in [-0.39, 0.29) is 83.2 Å². The van der Waals surface area contributed by atoms with Crippen molar-refractivity contribution in [2.75, 3.05) is 0 Å². The Labute approximate surface area is 184 Å². The Morgan fingerprint density at radius 1 is 0.652 bits per heavy atom. The Hall–Kier alpha value is 1.13.